The molecule has 0 N–H and O–H groups in total. The molecule has 0 aliphatic rings. The third-order valence-electron chi connectivity index (χ3n) is 3.02. The van der Waals surface area contributed by atoms with Crippen molar-refractivity contribution in [3.8, 4) is 0 Å². The highest BCUT2D eigenvalue weighted by atomic mass is 19.1. The molecular weight excluding hydrogens is 201 g/mol. The SMILES string of the molecule is CCCC(C)Cn1ccc2cc(F)ccc21. The van der Waals surface area contributed by atoms with Crippen molar-refractivity contribution in [1.82, 2.24) is 4.57 Å². The second-order valence-electron chi connectivity index (χ2n) is 4.57. The number of rotatable bonds is 4. The highest BCUT2D eigenvalue weighted by molar-refractivity contribution is 5.80. The zero-order valence-corrected chi connectivity index (χ0v) is 9.91. The zero-order chi connectivity index (χ0) is 11.5. The van der Waals surface area contributed by atoms with Crippen LogP contribution in [0.4, 0.5) is 4.39 Å². The van der Waals surface area contributed by atoms with E-state index < -0.39 is 0 Å². The van der Waals surface area contributed by atoms with Gasteiger partial charge < -0.3 is 4.57 Å². The Morgan fingerprint density at radius 3 is 2.88 bits per heavy atom. The van der Waals surface area contributed by atoms with Crippen molar-refractivity contribution in [2.45, 2.75) is 33.2 Å². The highest BCUT2D eigenvalue weighted by Gasteiger charge is 2.05. The van der Waals surface area contributed by atoms with Gasteiger partial charge in [0.2, 0.25) is 0 Å². The average Bonchev–Trinajstić information content (AvgIpc) is 2.61. The van der Waals surface area contributed by atoms with Crippen LogP contribution < -0.4 is 0 Å². The van der Waals surface area contributed by atoms with Crippen LogP contribution in [0, 0.1) is 11.7 Å². The smallest absolute Gasteiger partial charge is 0.123 e. The van der Waals surface area contributed by atoms with Gasteiger partial charge in [0, 0.05) is 23.6 Å². The van der Waals surface area contributed by atoms with E-state index in [9.17, 15) is 4.39 Å². The summed E-state index contributed by atoms with van der Waals surface area (Å²) < 4.78 is 15.2. The first-order valence-electron chi connectivity index (χ1n) is 5.95. The Hall–Kier alpha value is -1.31. The van der Waals surface area contributed by atoms with E-state index in [2.05, 4.69) is 24.6 Å². The van der Waals surface area contributed by atoms with E-state index in [1.807, 2.05) is 12.1 Å². The molecule has 0 aliphatic heterocycles. The van der Waals surface area contributed by atoms with Crippen LogP contribution in [0.15, 0.2) is 30.5 Å². The van der Waals surface area contributed by atoms with Crippen molar-refractivity contribution in [3.63, 3.8) is 0 Å². The summed E-state index contributed by atoms with van der Waals surface area (Å²) in [6.45, 7) is 5.49. The standard InChI is InChI=1S/C14H18FN/c1-3-4-11(2)10-16-8-7-12-9-13(15)5-6-14(12)16/h5-9,11H,3-4,10H2,1-2H3. The lowest BCUT2D eigenvalue weighted by Crippen LogP contribution is -2.06. The van der Waals surface area contributed by atoms with Gasteiger partial charge in [-0.3, -0.25) is 0 Å². The molecule has 0 aliphatic carbocycles. The van der Waals surface area contributed by atoms with Gasteiger partial charge in [-0.25, -0.2) is 4.39 Å². The Labute approximate surface area is 95.9 Å². The second-order valence-corrected chi connectivity index (χ2v) is 4.57. The van der Waals surface area contributed by atoms with E-state index in [0.717, 1.165) is 17.4 Å². The Kier molecular flexibility index (Phi) is 3.28. The van der Waals surface area contributed by atoms with Crippen molar-refractivity contribution < 1.29 is 4.39 Å². The van der Waals surface area contributed by atoms with Gasteiger partial charge in [0.15, 0.2) is 0 Å². The maximum Gasteiger partial charge on any atom is 0.123 e. The summed E-state index contributed by atoms with van der Waals surface area (Å²) in [4.78, 5) is 0. The zero-order valence-electron chi connectivity index (χ0n) is 9.91. The minimum Gasteiger partial charge on any atom is -0.347 e. The predicted octanol–water partition coefficient (Wildman–Crippen LogP) is 4.22. The monoisotopic (exact) mass is 219 g/mol. The highest BCUT2D eigenvalue weighted by Crippen LogP contribution is 2.19. The fraction of sp³-hybridized carbons (Fsp3) is 0.429. The predicted molar refractivity (Wildman–Crippen MR) is 66.0 cm³/mol. The van der Waals surface area contributed by atoms with Crippen LogP contribution in [-0.2, 0) is 6.54 Å². The number of halogens is 1. The van der Waals surface area contributed by atoms with Crippen LogP contribution in [0.3, 0.4) is 0 Å². The van der Waals surface area contributed by atoms with Gasteiger partial charge in [-0.1, -0.05) is 20.3 Å². The molecule has 0 bridgehead atoms. The summed E-state index contributed by atoms with van der Waals surface area (Å²) in [7, 11) is 0. The molecule has 2 heteroatoms. The summed E-state index contributed by atoms with van der Waals surface area (Å²) in [5.41, 5.74) is 1.13. The number of hydrogen-bond donors (Lipinski definition) is 0. The van der Waals surface area contributed by atoms with Gasteiger partial charge in [-0.15, -0.1) is 0 Å². The van der Waals surface area contributed by atoms with Crippen LogP contribution >= 0.6 is 0 Å². The van der Waals surface area contributed by atoms with Gasteiger partial charge >= 0.3 is 0 Å². The molecule has 1 nitrogen and oxygen atoms in total. The molecule has 0 saturated heterocycles. The Morgan fingerprint density at radius 1 is 1.31 bits per heavy atom. The molecule has 86 valence electrons. The van der Waals surface area contributed by atoms with E-state index in [0.29, 0.717) is 5.92 Å². The minimum atomic E-state index is -0.160. The van der Waals surface area contributed by atoms with Crippen LogP contribution in [0.2, 0.25) is 0 Å². The van der Waals surface area contributed by atoms with Crippen LogP contribution in [0.1, 0.15) is 26.7 Å². The van der Waals surface area contributed by atoms with Crippen LogP contribution in [0.5, 0.6) is 0 Å². The topological polar surface area (TPSA) is 4.93 Å². The van der Waals surface area contributed by atoms with Gasteiger partial charge in [-0.2, -0.15) is 0 Å². The first-order valence-corrected chi connectivity index (χ1v) is 5.95. The van der Waals surface area contributed by atoms with Crippen molar-refractivity contribution in [1.29, 1.82) is 0 Å². The molecule has 1 aromatic heterocycles. The van der Waals surface area contributed by atoms with Crippen molar-refractivity contribution in [3.05, 3.63) is 36.3 Å². The average molecular weight is 219 g/mol. The van der Waals surface area contributed by atoms with Gasteiger partial charge in [-0.05, 0) is 36.6 Å². The maximum atomic E-state index is 13.0. The molecule has 1 unspecified atom stereocenters. The van der Waals surface area contributed by atoms with Crippen LogP contribution in [-0.4, -0.2) is 4.57 Å². The number of nitrogens with zero attached hydrogens (tertiary/aromatic N) is 1. The Bertz CT molecular complexity index is 473. The van der Waals surface area contributed by atoms with E-state index in [1.54, 1.807) is 6.07 Å². The normalized spacial score (nSPS) is 13.2. The Morgan fingerprint density at radius 2 is 2.12 bits per heavy atom. The quantitative estimate of drug-likeness (QED) is 0.725. The lowest BCUT2D eigenvalue weighted by Gasteiger charge is -2.12. The molecule has 16 heavy (non-hydrogen) atoms. The van der Waals surface area contributed by atoms with Gasteiger partial charge in [0.25, 0.3) is 0 Å². The number of fused-ring (bicyclic) bond motifs is 1. The van der Waals surface area contributed by atoms with Crippen molar-refractivity contribution in [2.75, 3.05) is 0 Å². The summed E-state index contributed by atoms with van der Waals surface area (Å²) in [6, 6.07) is 6.97. The largest absolute Gasteiger partial charge is 0.347 e. The molecule has 1 heterocycles. The van der Waals surface area contributed by atoms with E-state index in [4.69, 9.17) is 0 Å². The lowest BCUT2D eigenvalue weighted by molar-refractivity contribution is 0.453. The van der Waals surface area contributed by atoms with Crippen LogP contribution in [0.25, 0.3) is 10.9 Å². The fourth-order valence-electron chi connectivity index (χ4n) is 2.25. The maximum absolute atomic E-state index is 13.0. The molecule has 0 fully saturated rings. The van der Waals surface area contributed by atoms with E-state index >= 15 is 0 Å². The first-order chi connectivity index (χ1) is 7.70. The molecule has 1 aromatic carbocycles. The molecule has 2 rings (SSSR count). The molecule has 2 aromatic rings. The third kappa shape index (κ3) is 2.26. The molecule has 0 amide bonds. The molecule has 0 radical (unpaired) electrons. The van der Waals surface area contributed by atoms with Gasteiger partial charge in [0.05, 0.1) is 0 Å². The van der Waals surface area contributed by atoms with Crippen molar-refractivity contribution in [2.24, 2.45) is 5.92 Å². The summed E-state index contributed by atoms with van der Waals surface area (Å²) >= 11 is 0. The minimum absolute atomic E-state index is 0.160. The third-order valence-corrected chi connectivity index (χ3v) is 3.02. The molecule has 0 saturated carbocycles. The summed E-state index contributed by atoms with van der Waals surface area (Å²) in [5.74, 6) is 0.512. The van der Waals surface area contributed by atoms with E-state index in [1.165, 1.54) is 18.9 Å². The fourth-order valence-corrected chi connectivity index (χ4v) is 2.25. The Balaban J connectivity index is 2.25. The summed E-state index contributed by atoms with van der Waals surface area (Å²) in [6.07, 6.45) is 4.51. The number of aromatic nitrogens is 1. The number of hydrogen-bond acceptors (Lipinski definition) is 0. The first kappa shape index (κ1) is 11.2. The number of benzene rings is 1. The molecule has 0 spiro atoms. The lowest BCUT2D eigenvalue weighted by atomic mass is 10.1. The molecular formula is C14H18FN. The van der Waals surface area contributed by atoms with E-state index in [-0.39, 0.29) is 5.82 Å². The molecule has 1 atom stereocenters. The van der Waals surface area contributed by atoms with Gasteiger partial charge in [0.1, 0.15) is 5.82 Å². The van der Waals surface area contributed by atoms with Crippen molar-refractivity contribution >= 4 is 10.9 Å². The summed E-state index contributed by atoms with van der Waals surface area (Å²) in [5, 5.41) is 0.990. The second kappa shape index (κ2) is 4.69.